The fraction of sp³-hybridized carbons (Fsp3) is 0.333. The van der Waals surface area contributed by atoms with Crippen molar-refractivity contribution in [3.63, 3.8) is 0 Å². The van der Waals surface area contributed by atoms with Crippen molar-refractivity contribution >= 4 is 119 Å². The number of aryl methyl sites for hydroxylation is 5. The number of hydrogen-bond donors (Lipinski definition) is 4. The van der Waals surface area contributed by atoms with Gasteiger partial charge < -0.3 is 43.6 Å². The molecule has 6 aromatic heterocycles. The van der Waals surface area contributed by atoms with Gasteiger partial charge >= 0.3 is 23.9 Å². The largest absolute Gasteiger partial charge is 0.469 e. The van der Waals surface area contributed by atoms with Crippen LogP contribution in [0.1, 0.15) is 189 Å². The van der Waals surface area contributed by atoms with E-state index in [1.54, 1.807) is 0 Å². The molecule has 10 rings (SSSR count). The lowest BCUT2D eigenvalue weighted by molar-refractivity contribution is -0.141. The van der Waals surface area contributed by atoms with Crippen molar-refractivity contribution in [3.8, 4) is 0 Å². The monoisotopic (exact) mass is 1200 g/mol. The third-order valence-electron chi connectivity index (χ3n) is 18.1. The molecule has 2 unspecified atom stereocenters. The number of nitrogens with zero attached hydrogens (tertiary/aromatic N) is 4. The molecular formula is C72H78N8O9. The predicted octanol–water partition coefficient (Wildman–Crippen LogP) is 15.5. The van der Waals surface area contributed by atoms with Gasteiger partial charge in [0.05, 0.1) is 86.2 Å². The van der Waals surface area contributed by atoms with Gasteiger partial charge in [-0.1, -0.05) is 25.3 Å². The van der Waals surface area contributed by atoms with Crippen molar-refractivity contribution in [2.45, 2.75) is 133 Å². The van der Waals surface area contributed by atoms with E-state index in [1.165, 1.54) is 28.4 Å². The Morgan fingerprint density at radius 2 is 0.753 bits per heavy atom. The number of ether oxygens (including phenoxy) is 5. The maximum absolute atomic E-state index is 12.8. The maximum atomic E-state index is 12.8. The number of esters is 4. The number of rotatable bonds is 18. The Kier molecular flexibility index (Phi) is 18.1. The average molecular weight is 1200 g/mol. The highest BCUT2D eigenvalue weighted by Gasteiger charge is 2.28. The summed E-state index contributed by atoms with van der Waals surface area (Å²) in [6.45, 7) is 29.0. The van der Waals surface area contributed by atoms with Crippen molar-refractivity contribution < 1.29 is 42.9 Å². The van der Waals surface area contributed by atoms with Gasteiger partial charge in [-0.15, -0.1) is 0 Å². The van der Waals surface area contributed by atoms with E-state index >= 15 is 0 Å². The molecule has 10 heterocycles. The number of H-pyrrole nitrogens is 4. The summed E-state index contributed by atoms with van der Waals surface area (Å²) in [6, 6.07) is 16.3. The molecule has 0 aromatic carbocycles. The fourth-order valence-corrected chi connectivity index (χ4v) is 12.9. The van der Waals surface area contributed by atoms with Crippen molar-refractivity contribution in [2.75, 3.05) is 28.4 Å². The van der Waals surface area contributed by atoms with E-state index in [9.17, 15) is 19.2 Å². The Labute approximate surface area is 518 Å². The van der Waals surface area contributed by atoms with Crippen molar-refractivity contribution in [1.82, 2.24) is 39.9 Å². The summed E-state index contributed by atoms with van der Waals surface area (Å²) >= 11 is 0. The highest BCUT2D eigenvalue weighted by atomic mass is 16.5. The SMILES string of the molecule is C=CC1=C(C)c2cc3nc(cc4[nH]c(cc5[nH]c(cc1n2)c(C)c5C(C)OC(C)c1c(C)c2cc5[nH]c(cc6nc(cc7nc(cc1[nH]2)C(C)=C7CCC(=O)OC)C(CCC(=O)OC)=C6C)c(C)c5C=C)c(C)c4CCC(=O)OC)C(CCC(=O)OC)=C3C. The minimum Gasteiger partial charge on any atom is -0.469 e. The standard InChI is InChI=1S/C72H78N8O9/c1-17-45-35(3)51-27-53-37(5)47(19-23-67(81)85-13)61(75-53)33-63-49(21-25-69(83)87-15)39(7)55(77-63)31-65-71(41(9)57(79-65)29-59(45)73-51)43(11)89-44(12)72-42(10)58-30-60-46(18-2)36(4)52(74-60)28-54-38(6)48(20-24-68(82)86-14)62(76-54)34-64-50(22-26-70(84)88-16)40(8)56(78-64)32-66(72)80-58/h17-18,27-34,43-44,73,78-80H,1-2,19-26H2,3-16H3. The number of carbonyl (C=O) groups excluding carboxylic acids is 4. The third-order valence-corrected chi connectivity index (χ3v) is 18.1. The van der Waals surface area contributed by atoms with Gasteiger partial charge in [-0.3, -0.25) is 19.2 Å². The van der Waals surface area contributed by atoms with E-state index in [0.717, 1.165) is 156 Å². The van der Waals surface area contributed by atoms with Crippen LogP contribution in [-0.4, -0.2) is 92.2 Å². The van der Waals surface area contributed by atoms with Gasteiger partial charge in [-0.2, -0.15) is 0 Å². The molecule has 460 valence electrons. The number of hydrogen-bond acceptors (Lipinski definition) is 13. The Bertz CT molecular complexity index is 4490. The van der Waals surface area contributed by atoms with Crippen LogP contribution in [0, 0.1) is 27.7 Å². The molecule has 4 N–H and O–H groups in total. The van der Waals surface area contributed by atoms with Gasteiger partial charge in [-0.05, 0) is 210 Å². The number of aromatic nitrogens is 8. The number of aromatic amines is 4. The molecule has 17 heteroatoms. The van der Waals surface area contributed by atoms with Crippen LogP contribution in [0.5, 0.6) is 0 Å². The Hall–Kier alpha value is -9.48. The number of carbonyl (C=O) groups is 4. The number of allylic oxidation sites excluding steroid dienone is 9. The number of nitrogens with one attached hydrogen (secondary N) is 4. The van der Waals surface area contributed by atoms with Crippen LogP contribution in [0.25, 0.3) is 94.8 Å². The quantitative estimate of drug-likeness (QED) is 0.0464. The second-order valence-corrected chi connectivity index (χ2v) is 23.2. The Morgan fingerprint density at radius 3 is 1.25 bits per heavy atom. The van der Waals surface area contributed by atoms with Crippen LogP contribution in [0.15, 0.2) is 67.8 Å². The molecule has 6 aromatic rings. The van der Waals surface area contributed by atoms with Gasteiger partial charge in [0.2, 0.25) is 0 Å². The van der Waals surface area contributed by atoms with E-state index < -0.39 is 12.2 Å². The van der Waals surface area contributed by atoms with E-state index in [-0.39, 0.29) is 49.6 Å². The first-order valence-corrected chi connectivity index (χ1v) is 30.1. The number of fused-ring (bicyclic) bond motifs is 16. The minimum absolute atomic E-state index is 0.141. The normalized spacial score (nSPS) is 13.9. The van der Waals surface area contributed by atoms with Crippen LogP contribution in [0.3, 0.4) is 0 Å². The van der Waals surface area contributed by atoms with Gasteiger partial charge in [0, 0.05) is 92.1 Å². The summed E-state index contributed by atoms with van der Waals surface area (Å²) in [6.07, 6.45) is 4.86. The second-order valence-electron chi connectivity index (χ2n) is 23.2. The zero-order valence-electron chi connectivity index (χ0n) is 53.5. The van der Waals surface area contributed by atoms with Gasteiger partial charge in [-0.25, -0.2) is 19.9 Å². The topological polar surface area (TPSA) is 229 Å². The highest BCUT2D eigenvalue weighted by molar-refractivity contribution is 6.00. The van der Waals surface area contributed by atoms with Crippen LogP contribution in [-0.2, 0) is 49.3 Å². The summed E-state index contributed by atoms with van der Waals surface area (Å²) in [4.78, 5) is 86.8. The van der Waals surface area contributed by atoms with Crippen LogP contribution in [0.2, 0.25) is 0 Å². The number of methoxy groups -OCH3 is 4. The molecule has 0 saturated heterocycles. The van der Waals surface area contributed by atoms with Crippen molar-refractivity contribution in [3.05, 3.63) is 158 Å². The lowest BCUT2D eigenvalue weighted by atomic mass is 9.98. The maximum Gasteiger partial charge on any atom is 0.305 e. The molecule has 4 aliphatic heterocycles. The molecule has 0 amide bonds. The van der Waals surface area contributed by atoms with Gasteiger partial charge in [0.15, 0.2) is 0 Å². The zero-order valence-corrected chi connectivity index (χ0v) is 53.5. The van der Waals surface area contributed by atoms with E-state index in [2.05, 4.69) is 92.0 Å². The smallest absolute Gasteiger partial charge is 0.305 e. The minimum atomic E-state index is -0.519. The summed E-state index contributed by atoms with van der Waals surface area (Å²) in [5.41, 5.74) is 27.1. The lowest BCUT2D eigenvalue weighted by Gasteiger charge is -2.20. The summed E-state index contributed by atoms with van der Waals surface area (Å²) in [5, 5.41) is 0. The summed E-state index contributed by atoms with van der Waals surface area (Å²) < 4.78 is 27.8. The molecule has 0 aliphatic carbocycles. The van der Waals surface area contributed by atoms with Gasteiger partial charge in [0.25, 0.3) is 0 Å². The summed E-state index contributed by atoms with van der Waals surface area (Å²) in [5.74, 6) is -1.31. The molecule has 17 nitrogen and oxygen atoms in total. The van der Waals surface area contributed by atoms with Gasteiger partial charge in [0.1, 0.15) is 0 Å². The molecular weight excluding hydrogens is 1120 g/mol. The lowest BCUT2D eigenvalue weighted by Crippen LogP contribution is -2.06. The van der Waals surface area contributed by atoms with Crippen molar-refractivity contribution in [2.24, 2.45) is 0 Å². The molecule has 0 radical (unpaired) electrons. The summed E-state index contributed by atoms with van der Waals surface area (Å²) in [7, 11) is 5.56. The zero-order chi connectivity index (χ0) is 63.9. The Morgan fingerprint density at radius 1 is 0.404 bits per heavy atom. The third kappa shape index (κ3) is 12.2. The second kappa shape index (κ2) is 25.7. The fourth-order valence-electron chi connectivity index (χ4n) is 12.9. The molecule has 0 spiro atoms. The van der Waals surface area contributed by atoms with E-state index in [4.69, 9.17) is 43.6 Å². The Balaban J connectivity index is 1.19. The first-order valence-electron chi connectivity index (χ1n) is 30.1. The molecule has 2 atom stereocenters. The molecule has 4 aliphatic rings. The van der Waals surface area contributed by atoms with E-state index in [0.29, 0.717) is 48.5 Å². The predicted molar refractivity (Wildman–Crippen MR) is 353 cm³/mol. The van der Waals surface area contributed by atoms with Crippen LogP contribution < -0.4 is 0 Å². The molecule has 89 heavy (non-hydrogen) atoms. The first-order chi connectivity index (χ1) is 42.6. The molecule has 0 fully saturated rings. The van der Waals surface area contributed by atoms with Crippen LogP contribution >= 0.6 is 0 Å². The molecule has 0 saturated carbocycles. The first kappa shape index (κ1) is 62.6. The van der Waals surface area contributed by atoms with E-state index in [1.807, 2.05) is 71.0 Å². The van der Waals surface area contributed by atoms with Crippen LogP contribution in [0.4, 0.5) is 0 Å². The van der Waals surface area contributed by atoms with Crippen molar-refractivity contribution in [1.29, 1.82) is 0 Å². The highest BCUT2D eigenvalue weighted by Crippen LogP contribution is 2.43. The molecule has 16 bridgehead atoms. The average Bonchev–Trinajstić information content (AvgIpc) is 3.70.